The molecule has 2 amide bonds. The van der Waals surface area contributed by atoms with Gasteiger partial charge >= 0.3 is 0 Å². The SMILES string of the molecule is CCC1CCCCN1C(=O)C1CCN(C(=O)c2c(C)nn(-c3ccccc3)c2-n2cccc2)CC1. The number of carbonyl (C=O) groups is 2. The molecular weight excluding hydrogens is 438 g/mol. The maximum Gasteiger partial charge on any atom is 0.259 e. The summed E-state index contributed by atoms with van der Waals surface area (Å²) in [5.41, 5.74) is 2.24. The maximum atomic E-state index is 13.8. The number of amides is 2. The van der Waals surface area contributed by atoms with E-state index < -0.39 is 0 Å². The lowest BCUT2D eigenvalue weighted by Crippen LogP contribution is -2.49. The Morgan fingerprint density at radius 2 is 1.66 bits per heavy atom. The first-order valence-corrected chi connectivity index (χ1v) is 13.0. The lowest BCUT2D eigenvalue weighted by atomic mass is 9.91. The Kier molecular flexibility index (Phi) is 6.75. The molecule has 0 spiro atoms. The summed E-state index contributed by atoms with van der Waals surface area (Å²) in [7, 11) is 0. The highest BCUT2D eigenvalue weighted by Gasteiger charge is 2.35. The first kappa shape index (κ1) is 23.4. The molecule has 0 aliphatic carbocycles. The molecule has 0 saturated carbocycles. The molecule has 1 unspecified atom stereocenters. The standard InChI is InChI=1S/C28H35N5O2/c1-3-23-11-7-8-18-32(23)27(34)22-14-19-31(20-15-22)28(35)25-21(2)29-33(24-12-5-4-6-13-24)26(25)30-16-9-10-17-30/h4-6,9-10,12-13,16-17,22-23H,3,7-8,11,14-15,18-20H2,1-2H3. The van der Waals surface area contributed by atoms with Crippen LogP contribution in [0, 0.1) is 12.8 Å². The molecule has 0 bridgehead atoms. The van der Waals surface area contributed by atoms with Crippen LogP contribution < -0.4 is 0 Å². The van der Waals surface area contributed by atoms with Crippen molar-refractivity contribution in [3.05, 3.63) is 66.1 Å². The van der Waals surface area contributed by atoms with Crippen molar-refractivity contribution in [3.8, 4) is 11.5 Å². The average Bonchev–Trinajstić information content (AvgIpc) is 3.56. The molecule has 35 heavy (non-hydrogen) atoms. The molecule has 3 aromatic rings. The quantitative estimate of drug-likeness (QED) is 0.543. The van der Waals surface area contributed by atoms with Gasteiger partial charge in [-0.05, 0) is 69.7 Å². The van der Waals surface area contributed by atoms with Crippen molar-refractivity contribution in [3.63, 3.8) is 0 Å². The summed E-state index contributed by atoms with van der Waals surface area (Å²) < 4.78 is 3.80. The number of carbonyl (C=O) groups excluding carboxylic acids is 2. The number of aryl methyl sites for hydroxylation is 1. The third-order valence-corrected chi connectivity index (χ3v) is 7.61. The Hall–Kier alpha value is -3.35. The van der Waals surface area contributed by atoms with E-state index in [0.717, 1.165) is 50.2 Å². The highest BCUT2D eigenvalue weighted by atomic mass is 16.2. The number of likely N-dealkylation sites (tertiary alicyclic amines) is 2. The van der Waals surface area contributed by atoms with E-state index >= 15 is 0 Å². The van der Waals surface area contributed by atoms with Gasteiger partial charge in [-0.3, -0.25) is 9.59 Å². The Morgan fingerprint density at radius 1 is 0.943 bits per heavy atom. The summed E-state index contributed by atoms with van der Waals surface area (Å²) in [5.74, 6) is 1.05. The second kappa shape index (κ2) is 10.1. The molecule has 1 aromatic carbocycles. The number of rotatable bonds is 5. The molecule has 2 saturated heterocycles. The highest BCUT2D eigenvalue weighted by Crippen LogP contribution is 2.29. The zero-order valence-corrected chi connectivity index (χ0v) is 20.8. The Labute approximate surface area is 207 Å². The van der Waals surface area contributed by atoms with Crippen molar-refractivity contribution in [1.29, 1.82) is 0 Å². The van der Waals surface area contributed by atoms with Gasteiger partial charge in [0.1, 0.15) is 5.56 Å². The van der Waals surface area contributed by atoms with Gasteiger partial charge in [0.05, 0.1) is 11.4 Å². The van der Waals surface area contributed by atoms with E-state index in [-0.39, 0.29) is 11.8 Å². The maximum absolute atomic E-state index is 13.8. The largest absolute Gasteiger partial charge is 0.339 e. The van der Waals surface area contributed by atoms with Gasteiger partial charge in [-0.15, -0.1) is 0 Å². The van der Waals surface area contributed by atoms with Crippen LogP contribution in [-0.2, 0) is 4.79 Å². The topological polar surface area (TPSA) is 63.4 Å². The third-order valence-electron chi connectivity index (χ3n) is 7.61. The number of benzene rings is 1. The fourth-order valence-electron chi connectivity index (χ4n) is 5.67. The normalized spacial score (nSPS) is 19.2. The van der Waals surface area contributed by atoms with Gasteiger partial charge in [0, 0.05) is 44.0 Å². The van der Waals surface area contributed by atoms with Gasteiger partial charge in [0.25, 0.3) is 5.91 Å². The van der Waals surface area contributed by atoms with E-state index in [2.05, 4.69) is 11.8 Å². The Bertz CT molecular complexity index is 1160. The average molecular weight is 474 g/mol. The molecule has 1 atom stereocenters. The van der Waals surface area contributed by atoms with E-state index in [9.17, 15) is 9.59 Å². The minimum atomic E-state index is -0.0105. The Morgan fingerprint density at radius 3 is 2.34 bits per heavy atom. The third kappa shape index (κ3) is 4.51. The van der Waals surface area contributed by atoms with Crippen LogP contribution in [0.3, 0.4) is 0 Å². The van der Waals surface area contributed by atoms with Crippen LogP contribution in [0.1, 0.15) is 61.5 Å². The molecular formula is C28H35N5O2. The van der Waals surface area contributed by atoms with E-state index in [4.69, 9.17) is 5.10 Å². The van der Waals surface area contributed by atoms with Crippen LogP contribution in [0.4, 0.5) is 0 Å². The van der Waals surface area contributed by atoms with Gasteiger partial charge in [-0.25, -0.2) is 4.68 Å². The van der Waals surface area contributed by atoms with Crippen molar-refractivity contribution >= 4 is 11.8 Å². The summed E-state index contributed by atoms with van der Waals surface area (Å²) in [4.78, 5) is 31.2. The highest BCUT2D eigenvalue weighted by molar-refractivity contribution is 5.99. The van der Waals surface area contributed by atoms with Crippen molar-refractivity contribution in [1.82, 2.24) is 24.1 Å². The van der Waals surface area contributed by atoms with Gasteiger partial charge in [0.2, 0.25) is 5.91 Å². The van der Waals surface area contributed by atoms with E-state index in [1.165, 1.54) is 6.42 Å². The summed E-state index contributed by atoms with van der Waals surface area (Å²) in [6.07, 6.45) is 9.80. The lowest BCUT2D eigenvalue weighted by molar-refractivity contribution is -0.140. The van der Waals surface area contributed by atoms with Gasteiger partial charge in [-0.2, -0.15) is 5.10 Å². The minimum absolute atomic E-state index is 0.0105. The van der Waals surface area contributed by atoms with Gasteiger partial charge in [-0.1, -0.05) is 25.1 Å². The summed E-state index contributed by atoms with van der Waals surface area (Å²) in [6, 6.07) is 14.2. The number of aromatic nitrogens is 3. The monoisotopic (exact) mass is 473 g/mol. The number of hydrogen-bond acceptors (Lipinski definition) is 3. The molecule has 184 valence electrons. The second-order valence-electron chi connectivity index (χ2n) is 9.78. The second-order valence-corrected chi connectivity index (χ2v) is 9.78. The fraction of sp³-hybridized carbons (Fsp3) is 0.464. The lowest BCUT2D eigenvalue weighted by Gasteiger charge is -2.39. The minimum Gasteiger partial charge on any atom is -0.339 e. The number of hydrogen-bond donors (Lipinski definition) is 0. The smallest absolute Gasteiger partial charge is 0.259 e. The molecule has 7 heteroatoms. The number of piperidine rings is 2. The van der Waals surface area contributed by atoms with Crippen LogP contribution in [0.2, 0.25) is 0 Å². The van der Waals surface area contributed by atoms with Crippen molar-refractivity contribution in [2.45, 2.75) is 58.4 Å². The van der Waals surface area contributed by atoms with Gasteiger partial charge < -0.3 is 14.4 Å². The van der Waals surface area contributed by atoms with Crippen LogP contribution in [0.25, 0.3) is 11.5 Å². The predicted octanol–water partition coefficient (Wildman–Crippen LogP) is 4.61. The first-order chi connectivity index (χ1) is 17.1. The molecule has 0 N–H and O–H groups in total. The first-order valence-electron chi connectivity index (χ1n) is 13.0. The van der Waals surface area contributed by atoms with E-state index in [1.54, 1.807) is 0 Å². The molecule has 2 aliphatic rings. The van der Waals surface area contributed by atoms with Crippen LogP contribution in [0.5, 0.6) is 0 Å². The van der Waals surface area contributed by atoms with Crippen LogP contribution in [0.15, 0.2) is 54.9 Å². The zero-order chi connectivity index (χ0) is 24.4. The summed E-state index contributed by atoms with van der Waals surface area (Å²) >= 11 is 0. The number of para-hydroxylation sites is 1. The molecule has 7 nitrogen and oxygen atoms in total. The fourth-order valence-corrected chi connectivity index (χ4v) is 5.67. The summed E-state index contributed by atoms with van der Waals surface area (Å²) in [5, 5.41) is 4.76. The molecule has 2 aliphatic heterocycles. The Balaban J connectivity index is 1.36. The van der Waals surface area contributed by atoms with Crippen molar-refractivity contribution in [2.24, 2.45) is 5.92 Å². The molecule has 5 rings (SSSR count). The summed E-state index contributed by atoms with van der Waals surface area (Å²) in [6.45, 7) is 6.16. The molecule has 0 radical (unpaired) electrons. The molecule has 2 fully saturated rings. The van der Waals surface area contributed by atoms with Gasteiger partial charge in [0.15, 0.2) is 5.82 Å². The van der Waals surface area contributed by atoms with Crippen LogP contribution in [-0.4, -0.2) is 61.6 Å². The van der Waals surface area contributed by atoms with Crippen molar-refractivity contribution in [2.75, 3.05) is 19.6 Å². The predicted molar refractivity (Wildman–Crippen MR) is 136 cm³/mol. The number of nitrogens with zero attached hydrogens (tertiary/aromatic N) is 5. The zero-order valence-electron chi connectivity index (χ0n) is 20.8. The van der Waals surface area contributed by atoms with E-state index in [1.807, 2.05) is 75.9 Å². The van der Waals surface area contributed by atoms with Crippen LogP contribution >= 0.6 is 0 Å². The van der Waals surface area contributed by atoms with E-state index in [0.29, 0.717) is 36.3 Å². The van der Waals surface area contributed by atoms with Crippen molar-refractivity contribution < 1.29 is 9.59 Å². The molecule has 4 heterocycles. The molecule has 2 aromatic heterocycles.